The summed E-state index contributed by atoms with van der Waals surface area (Å²) in [5.41, 5.74) is 4.47. The number of fused-ring (bicyclic) bond motifs is 4. The topological polar surface area (TPSA) is 3.24 Å². The van der Waals surface area contributed by atoms with Crippen molar-refractivity contribution in [1.82, 2.24) is 4.90 Å². The van der Waals surface area contributed by atoms with Gasteiger partial charge in [-0.25, -0.2) is 0 Å². The molecule has 22 heavy (non-hydrogen) atoms. The average Bonchev–Trinajstić information content (AvgIpc) is 3.11. The molecule has 1 aliphatic heterocycles. The molecule has 0 aromatic heterocycles. The molecule has 1 nitrogen and oxygen atoms in total. The number of likely N-dealkylation sites (tertiary alicyclic amines) is 1. The van der Waals surface area contributed by atoms with E-state index in [1.165, 1.54) is 32.2 Å². The summed E-state index contributed by atoms with van der Waals surface area (Å²) in [6.07, 6.45) is 5.94. The Morgan fingerprint density at radius 3 is 2.18 bits per heavy atom. The molecule has 0 bridgehead atoms. The molecule has 0 unspecified atom stereocenters. The van der Waals surface area contributed by atoms with Crippen molar-refractivity contribution in [2.24, 2.45) is 35.0 Å². The third kappa shape index (κ3) is 1.75. The van der Waals surface area contributed by atoms with Crippen molar-refractivity contribution in [3.63, 3.8) is 0 Å². The molecule has 2 saturated carbocycles. The molecule has 3 aliphatic carbocycles. The number of nitrogens with zero attached hydrogens (tertiary/aromatic N) is 1. The SMILES string of the molecule is CC(C)C1=C(C(C)C)[C@]2(CCN(C(C)C)[C@@H]3CC[C@@H]32)[C@@H]2C[C@H]12. The first-order chi connectivity index (χ1) is 10.4. The van der Waals surface area contributed by atoms with E-state index >= 15 is 0 Å². The third-order valence-electron chi connectivity index (χ3n) is 7.64. The first-order valence-corrected chi connectivity index (χ1v) is 9.89. The second-order valence-electron chi connectivity index (χ2n) is 9.50. The Hall–Kier alpha value is -0.300. The van der Waals surface area contributed by atoms with Crippen LogP contribution in [0.3, 0.4) is 0 Å². The van der Waals surface area contributed by atoms with Crippen LogP contribution >= 0.6 is 0 Å². The van der Waals surface area contributed by atoms with Crippen molar-refractivity contribution < 1.29 is 0 Å². The minimum Gasteiger partial charge on any atom is -0.298 e. The number of rotatable bonds is 3. The third-order valence-corrected chi connectivity index (χ3v) is 7.64. The van der Waals surface area contributed by atoms with Crippen LogP contribution in [0.25, 0.3) is 0 Å². The molecular formula is C21H35N. The minimum absolute atomic E-state index is 0.618. The van der Waals surface area contributed by atoms with Gasteiger partial charge in [-0.15, -0.1) is 0 Å². The summed E-state index contributed by atoms with van der Waals surface area (Å²) in [5, 5.41) is 0. The van der Waals surface area contributed by atoms with Crippen LogP contribution in [0.4, 0.5) is 0 Å². The highest BCUT2D eigenvalue weighted by Gasteiger charge is 2.68. The Balaban J connectivity index is 1.75. The Morgan fingerprint density at radius 2 is 1.68 bits per heavy atom. The predicted molar refractivity (Wildman–Crippen MR) is 93.7 cm³/mol. The maximum Gasteiger partial charge on any atom is 0.0135 e. The Morgan fingerprint density at radius 1 is 0.955 bits per heavy atom. The van der Waals surface area contributed by atoms with Gasteiger partial charge in [0.1, 0.15) is 0 Å². The molecule has 124 valence electrons. The lowest BCUT2D eigenvalue weighted by molar-refractivity contribution is -0.0851. The molecule has 1 heterocycles. The highest BCUT2D eigenvalue weighted by Crippen LogP contribution is 2.74. The van der Waals surface area contributed by atoms with Gasteiger partial charge in [0, 0.05) is 17.5 Å². The molecular weight excluding hydrogens is 266 g/mol. The van der Waals surface area contributed by atoms with Crippen LogP contribution in [-0.4, -0.2) is 23.5 Å². The van der Waals surface area contributed by atoms with Gasteiger partial charge < -0.3 is 0 Å². The first-order valence-electron chi connectivity index (χ1n) is 9.89. The monoisotopic (exact) mass is 301 g/mol. The maximum atomic E-state index is 2.84. The van der Waals surface area contributed by atoms with Gasteiger partial charge >= 0.3 is 0 Å². The Labute approximate surface area is 137 Å². The smallest absolute Gasteiger partial charge is 0.0135 e. The summed E-state index contributed by atoms with van der Waals surface area (Å²) >= 11 is 0. The van der Waals surface area contributed by atoms with Crippen molar-refractivity contribution in [3.05, 3.63) is 11.1 Å². The number of hydrogen-bond acceptors (Lipinski definition) is 1. The van der Waals surface area contributed by atoms with Crippen molar-refractivity contribution in [1.29, 1.82) is 0 Å². The summed E-state index contributed by atoms with van der Waals surface area (Å²) in [4.78, 5) is 2.84. The molecule has 1 spiro atoms. The fourth-order valence-electron chi connectivity index (χ4n) is 6.97. The standard InChI is InChI=1S/C21H35N/c1-12(2)19-15-11-17(15)21(20(19)13(3)4)9-10-22(14(5)6)18-8-7-16(18)21/h12-18H,7-11H2,1-6H3/t15-,16-,17+,18+,21-/m0/s1. The molecule has 4 rings (SSSR count). The van der Waals surface area contributed by atoms with Gasteiger partial charge in [-0.3, -0.25) is 4.90 Å². The van der Waals surface area contributed by atoms with Crippen molar-refractivity contribution >= 4 is 0 Å². The fourth-order valence-corrected chi connectivity index (χ4v) is 6.97. The largest absolute Gasteiger partial charge is 0.298 e. The lowest BCUT2D eigenvalue weighted by atomic mass is 9.52. The van der Waals surface area contributed by atoms with E-state index in [9.17, 15) is 0 Å². The average molecular weight is 302 g/mol. The zero-order valence-corrected chi connectivity index (χ0v) is 15.5. The molecule has 1 saturated heterocycles. The van der Waals surface area contributed by atoms with Crippen LogP contribution in [0.5, 0.6) is 0 Å². The second kappa shape index (κ2) is 4.85. The van der Waals surface area contributed by atoms with E-state index in [0.717, 1.165) is 41.7 Å². The number of allylic oxidation sites excluding steroid dienone is 2. The van der Waals surface area contributed by atoms with E-state index in [1.54, 1.807) is 0 Å². The van der Waals surface area contributed by atoms with Crippen LogP contribution in [0.2, 0.25) is 0 Å². The molecule has 1 heteroatoms. The molecule has 0 aromatic carbocycles. The van der Waals surface area contributed by atoms with Crippen LogP contribution in [0.15, 0.2) is 11.1 Å². The summed E-state index contributed by atoms with van der Waals surface area (Å²) in [6.45, 7) is 16.0. The fraction of sp³-hybridized carbons (Fsp3) is 0.905. The molecule has 4 aliphatic rings. The Kier molecular flexibility index (Phi) is 3.36. The Bertz CT molecular complexity index is 500. The minimum atomic E-state index is 0.618. The first kappa shape index (κ1) is 15.2. The summed E-state index contributed by atoms with van der Waals surface area (Å²) < 4.78 is 0. The highest BCUT2D eigenvalue weighted by molar-refractivity contribution is 5.43. The van der Waals surface area contributed by atoms with Crippen molar-refractivity contribution in [2.45, 2.75) is 79.3 Å². The van der Waals surface area contributed by atoms with Gasteiger partial charge in [-0.05, 0) is 75.7 Å². The van der Waals surface area contributed by atoms with Gasteiger partial charge in [-0.1, -0.05) is 38.8 Å². The van der Waals surface area contributed by atoms with E-state index in [0.29, 0.717) is 5.41 Å². The molecule has 5 atom stereocenters. The van der Waals surface area contributed by atoms with Gasteiger partial charge in [0.2, 0.25) is 0 Å². The van der Waals surface area contributed by atoms with Crippen LogP contribution in [-0.2, 0) is 0 Å². The van der Waals surface area contributed by atoms with E-state index in [-0.39, 0.29) is 0 Å². The zero-order chi connectivity index (χ0) is 15.8. The van der Waals surface area contributed by atoms with Crippen molar-refractivity contribution in [2.75, 3.05) is 6.54 Å². The van der Waals surface area contributed by atoms with E-state index in [2.05, 4.69) is 46.4 Å². The number of piperidine rings is 1. The molecule has 0 N–H and O–H groups in total. The molecule has 0 radical (unpaired) electrons. The van der Waals surface area contributed by atoms with Gasteiger partial charge in [0.25, 0.3) is 0 Å². The van der Waals surface area contributed by atoms with E-state index < -0.39 is 0 Å². The summed E-state index contributed by atoms with van der Waals surface area (Å²) in [5.74, 6) is 4.52. The number of hydrogen-bond donors (Lipinski definition) is 0. The molecule has 3 fully saturated rings. The highest BCUT2D eigenvalue weighted by atomic mass is 15.2. The van der Waals surface area contributed by atoms with E-state index in [1.807, 2.05) is 11.1 Å². The van der Waals surface area contributed by atoms with Crippen LogP contribution < -0.4 is 0 Å². The van der Waals surface area contributed by atoms with Gasteiger partial charge in [0.05, 0.1) is 0 Å². The summed E-state index contributed by atoms with van der Waals surface area (Å²) in [6, 6.07) is 1.63. The second-order valence-corrected chi connectivity index (χ2v) is 9.50. The maximum absolute atomic E-state index is 2.84. The quantitative estimate of drug-likeness (QED) is 0.654. The molecule has 0 aromatic rings. The predicted octanol–water partition coefficient (Wildman–Crippen LogP) is 5.12. The normalized spacial score (nSPS) is 44.0. The molecule has 0 amide bonds. The lowest BCUT2D eigenvalue weighted by Gasteiger charge is -2.61. The van der Waals surface area contributed by atoms with E-state index in [4.69, 9.17) is 0 Å². The van der Waals surface area contributed by atoms with Crippen LogP contribution in [0.1, 0.15) is 67.2 Å². The van der Waals surface area contributed by atoms with Gasteiger partial charge in [-0.2, -0.15) is 0 Å². The lowest BCUT2D eigenvalue weighted by Crippen LogP contribution is -2.62. The van der Waals surface area contributed by atoms with Gasteiger partial charge in [0.15, 0.2) is 0 Å². The summed E-state index contributed by atoms with van der Waals surface area (Å²) in [7, 11) is 0. The van der Waals surface area contributed by atoms with Crippen LogP contribution in [0, 0.1) is 35.0 Å². The van der Waals surface area contributed by atoms with Crippen molar-refractivity contribution in [3.8, 4) is 0 Å². The zero-order valence-electron chi connectivity index (χ0n) is 15.5.